The predicted molar refractivity (Wildman–Crippen MR) is 95.5 cm³/mol. The number of aryl methyl sites for hydroxylation is 1. The van der Waals surface area contributed by atoms with Gasteiger partial charge < -0.3 is 4.90 Å². The molecule has 0 spiro atoms. The van der Waals surface area contributed by atoms with E-state index in [0.717, 1.165) is 33.5 Å². The van der Waals surface area contributed by atoms with Gasteiger partial charge in [0.2, 0.25) is 0 Å². The average molecular weight is 340 g/mol. The van der Waals surface area contributed by atoms with Crippen LogP contribution < -0.4 is 0 Å². The molecule has 0 bridgehead atoms. The molecule has 0 aliphatic carbocycles. The van der Waals surface area contributed by atoms with Gasteiger partial charge in [-0.25, -0.2) is 0 Å². The molecule has 5 heteroatoms. The van der Waals surface area contributed by atoms with E-state index in [0.29, 0.717) is 18.7 Å². The maximum Gasteiger partial charge on any atom is 0.254 e. The highest BCUT2D eigenvalue weighted by molar-refractivity contribution is 6.32. The summed E-state index contributed by atoms with van der Waals surface area (Å²) in [4.78, 5) is 14.8. The molecule has 24 heavy (non-hydrogen) atoms. The Labute approximate surface area is 145 Å². The summed E-state index contributed by atoms with van der Waals surface area (Å²) in [6, 6.07) is 7.82. The number of nitrogens with zero attached hydrogens (tertiary/aromatic N) is 2. The number of carbonyl (C=O) groups excluding carboxylic acids is 1. The van der Waals surface area contributed by atoms with Gasteiger partial charge in [0.15, 0.2) is 0 Å². The van der Waals surface area contributed by atoms with Gasteiger partial charge in [-0.3, -0.25) is 9.89 Å². The SMILES string of the molecule is Cc1cc2c(c(Cl)c1C)CCN(C(=O)c1ccc3cn[nH]c3c1)C2. The minimum absolute atomic E-state index is 0.0477. The fraction of sp³-hybridized carbons (Fsp3) is 0.263. The molecule has 1 aromatic heterocycles. The summed E-state index contributed by atoms with van der Waals surface area (Å²) in [6.45, 7) is 5.41. The molecular weight excluding hydrogens is 322 g/mol. The highest BCUT2D eigenvalue weighted by Crippen LogP contribution is 2.31. The highest BCUT2D eigenvalue weighted by Gasteiger charge is 2.24. The summed E-state index contributed by atoms with van der Waals surface area (Å²) in [7, 11) is 0. The first-order valence-corrected chi connectivity index (χ1v) is 8.42. The van der Waals surface area contributed by atoms with Crippen LogP contribution in [0.5, 0.6) is 0 Å². The molecule has 1 amide bonds. The third kappa shape index (κ3) is 2.38. The number of halogens is 1. The molecule has 0 fully saturated rings. The Kier molecular flexibility index (Phi) is 3.57. The first-order chi connectivity index (χ1) is 11.5. The highest BCUT2D eigenvalue weighted by atomic mass is 35.5. The second-order valence-corrected chi connectivity index (χ2v) is 6.80. The van der Waals surface area contributed by atoms with Crippen LogP contribution in [0.25, 0.3) is 10.9 Å². The van der Waals surface area contributed by atoms with Crippen LogP contribution in [0.3, 0.4) is 0 Å². The number of H-pyrrole nitrogens is 1. The number of benzene rings is 2. The molecule has 0 unspecified atom stereocenters. The van der Waals surface area contributed by atoms with Gasteiger partial charge >= 0.3 is 0 Å². The van der Waals surface area contributed by atoms with Crippen molar-refractivity contribution in [3.63, 3.8) is 0 Å². The van der Waals surface area contributed by atoms with Gasteiger partial charge in [0.05, 0.1) is 11.7 Å². The quantitative estimate of drug-likeness (QED) is 0.727. The number of carbonyl (C=O) groups is 1. The minimum atomic E-state index is 0.0477. The topological polar surface area (TPSA) is 49.0 Å². The molecule has 122 valence electrons. The fourth-order valence-corrected chi connectivity index (χ4v) is 3.73. The van der Waals surface area contributed by atoms with E-state index in [2.05, 4.69) is 30.1 Å². The monoisotopic (exact) mass is 339 g/mol. The first-order valence-electron chi connectivity index (χ1n) is 8.04. The van der Waals surface area contributed by atoms with Gasteiger partial charge in [-0.2, -0.15) is 5.10 Å². The molecule has 4 nitrogen and oxygen atoms in total. The lowest BCUT2D eigenvalue weighted by Crippen LogP contribution is -2.36. The van der Waals surface area contributed by atoms with Crippen LogP contribution in [0.15, 0.2) is 30.5 Å². The van der Waals surface area contributed by atoms with E-state index >= 15 is 0 Å². The maximum absolute atomic E-state index is 12.9. The fourth-order valence-electron chi connectivity index (χ4n) is 3.37. The van der Waals surface area contributed by atoms with Crippen LogP contribution in [-0.4, -0.2) is 27.5 Å². The lowest BCUT2D eigenvalue weighted by atomic mass is 9.94. The molecule has 0 radical (unpaired) electrons. The van der Waals surface area contributed by atoms with Crippen molar-refractivity contribution in [2.45, 2.75) is 26.8 Å². The number of nitrogens with one attached hydrogen (secondary N) is 1. The van der Waals surface area contributed by atoms with Gasteiger partial charge in [-0.15, -0.1) is 0 Å². The van der Waals surface area contributed by atoms with E-state index in [1.807, 2.05) is 23.1 Å². The molecule has 1 N–H and O–H groups in total. The number of amides is 1. The van der Waals surface area contributed by atoms with E-state index in [1.54, 1.807) is 6.20 Å². The van der Waals surface area contributed by atoms with E-state index in [-0.39, 0.29) is 5.91 Å². The number of aromatic nitrogens is 2. The van der Waals surface area contributed by atoms with Crippen molar-refractivity contribution in [3.05, 3.63) is 63.3 Å². The lowest BCUT2D eigenvalue weighted by molar-refractivity contribution is 0.0735. The molecular formula is C19H18ClN3O. The van der Waals surface area contributed by atoms with Gasteiger partial charge in [0.1, 0.15) is 0 Å². The van der Waals surface area contributed by atoms with Crippen LogP contribution >= 0.6 is 11.6 Å². The van der Waals surface area contributed by atoms with E-state index in [1.165, 1.54) is 11.1 Å². The molecule has 0 atom stereocenters. The zero-order valence-electron chi connectivity index (χ0n) is 13.7. The smallest absolute Gasteiger partial charge is 0.254 e. The predicted octanol–water partition coefficient (Wildman–Crippen LogP) is 4.03. The van der Waals surface area contributed by atoms with Gasteiger partial charge in [0.25, 0.3) is 5.91 Å². The van der Waals surface area contributed by atoms with Crippen molar-refractivity contribution < 1.29 is 4.79 Å². The largest absolute Gasteiger partial charge is 0.334 e. The summed E-state index contributed by atoms with van der Waals surface area (Å²) in [5, 5.41) is 8.79. The van der Waals surface area contributed by atoms with Gasteiger partial charge in [0, 0.05) is 29.1 Å². The Bertz CT molecular complexity index is 961. The molecule has 1 aliphatic heterocycles. The van der Waals surface area contributed by atoms with Crippen LogP contribution in [0.2, 0.25) is 5.02 Å². The Morgan fingerprint density at radius 3 is 2.96 bits per heavy atom. The molecule has 2 aromatic carbocycles. The molecule has 3 aromatic rings. The summed E-state index contributed by atoms with van der Waals surface area (Å²) in [6.07, 6.45) is 2.56. The lowest BCUT2D eigenvalue weighted by Gasteiger charge is -2.30. The normalized spacial score (nSPS) is 14.0. The maximum atomic E-state index is 12.9. The van der Waals surface area contributed by atoms with Crippen molar-refractivity contribution in [2.75, 3.05) is 6.54 Å². The molecule has 2 heterocycles. The second kappa shape index (κ2) is 5.64. The van der Waals surface area contributed by atoms with Crippen LogP contribution in [0, 0.1) is 13.8 Å². The van der Waals surface area contributed by atoms with Crippen molar-refractivity contribution in [1.82, 2.24) is 15.1 Å². The van der Waals surface area contributed by atoms with Gasteiger partial charge in [-0.05, 0) is 54.7 Å². The zero-order chi connectivity index (χ0) is 16.8. The Hall–Kier alpha value is -2.33. The number of aromatic amines is 1. The van der Waals surface area contributed by atoms with Crippen LogP contribution in [-0.2, 0) is 13.0 Å². The first kappa shape index (κ1) is 15.2. The van der Waals surface area contributed by atoms with Crippen molar-refractivity contribution in [1.29, 1.82) is 0 Å². The third-order valence-electron chi connectivity index (χ3n) is 4.93. The zero-order valence-corrected chi connectivity index (χ0v) is 14.4. The van der Waals surface area contributed by atoms with Crippen molar-refractivity contribution >= 4 is 28.4 Å². The third-order valence-corrected chi connectivity index (χ3v) is 5.44. The summed E-state index contributed by atoms with van der Waals surface area (Å²) in [5.74, 6) is 0.0477. The van der Waals surface area contributed by atoms with Crippen molar-refractivity contribution in [3.8, 4) is 0 Å². The number of hydrogen-bond acceptors (Lipinski definition) is 2. The molecule has 0 saturated heterocycles. The summed E-state index contributed by atoms with van der Waals surface area (Å²) in [5.41, 5.74) is 6.22. The Morgan fingerprint density at radius 1 is 1.29 bits per heavy atom. The summed E-state index contributed by atoms with van der Waals surface area (Å²) >= 11 is 6.50. The number of rotatable bonds is 1. The van der Waals surface area contributed by atoms with Crippen LogP contribution in [0.4, 0.5) is 0 Å². The van der Waals surface area contributed by atoms with E-state index in [9.17, 15) is 4.79 Å². The minimum Gasteiger partial charge on any atom is -0.334 e. The van der Waals surface area contributed by atoms with E-state index in [4.69, 9.17) is 11.6 Å². The Morgan fingerprint density at radius 2 is 2.12 bits per heavy atom. The van der Waals surface area contributed by atoms with E-state index < -0.39 is 0 Å². The average Bonchev–Trinajstić information content (AvgIpc) is 3.06. The molecule has 4 rings (SSSR count). The molecule has 1 aliphatic rings. The van der Waals surface area contributed by atoms with Gasteiger partial charge in [-0.1, -0.05) is 23.7 Å². The second-order valence-electron chi connectivity index (χ2n) is 6.42. The number of fused-ring (bicyclic) bond motifs is 2. The van der Waals surface area contributed by atoms with Crippen molar-refractivity contribution in [2.24, 2.45) is 0 Å². The number of hydrogen-bond donors (Lipinski definition) is 1. The Balaban J connectivity index is 1.65. The summed E-state index contributed by atoms with van der Waals surface area (Å²) < 4.78 is 0. The standard InChI is InChI=1S/C19H18ClN3O/c1-11-7-15-10-23(6-5-16(15)18(20)12(11)2)19(24)13-3-4-14-9-21-22-17(14)8-13/h3-4,7-9H,5-6,10H2,1-2H3,(H,21,22). The molecule has 0 saturated carbocycles. The van der Waals surface area contributed by atoms with Crippen LogP contribution in [0.1, 0.15) is 32.6 Å².